The number of hydrogen-bond acceptors (Lipinski definition) is 8. The fourth-order valence-corrected chi connectivity index (χ4v) is 3.94. The zero-order chi connectivity index (χ0) is 21.8. The number of benzene rings is 1. The highest BCUT2D eigenvalue weighted by atomic mass is 35.5. The van der Waals surface area contributed by atoms with Crippen molar-refractivity contribution in [2.24, 2.45) is 11.7 Å². The summed E-state index contributed by atoms with van der Waals surface area (Å²) in [5.74, 6) is 0.428. The lowest BCUT2D eigenvalue weighted by molar-refractivity contribution is -0.385. The summed E-state index contributed by atoms with van der Waals surface area (Å²) < 4.78 is 0. The van der Waals surface area contributed by atoms with Crippen LogP contribution in [0, 0.1) is 16.0 Å². The van der Waals surface area contributed by atoms with Gasteiger partial charge < -0.3 is 21.7 Å². The van der Waals surface area contributed by atoms with E-state index in [2.05, 4.69) is 15.3 Å². The van der Waals surface area contributed by atoms with Crippen molar-refractivity contribution in [3.05, 3.63) is 44.6 Å². The van der Waals surface area contributed by atoms with Gasteiger partial charge in [-0.1, -0.05) is 11.6 Å². The first kappa shape index (κ1) is 22.0. The Balaban J connectivity index is 1.81. The van der Waals surface area contributed by atoms with Gasteiger partial charge in [-0.3, -0.25) is 10.1 Å². The molecule has 0 amide bonds. The van der Waals surface area contributed by atoms with Crippen molar-refractivity contribution in [3.63, 3.8) is 0 Å². The topological polar surface area (TPSA) is 136 Å². The Labute approximate surface area is 181 Å². The normalized spacial score (nSPS) is 18.8. The van der Waals surface area contributed by atoms with Crippen LogP contribution in [0.1, 0.15) is 36.9 Å². The first-order chi connectivity index (χ1) is 14.2. The molecule has 3 rings (SSSR count). The summed E-state index contributed by atoms with van der Waals surface area (Å²) in [4.78, 5) is 21.6. The molecule has 0 spiro atoms. The Bertz CT molecular complexity index is 914. The van der Waals surface area contributed by atoms with E-state index < -0.39 is 4.92 Å². The van der Waals surface area contributed by atoms with E-state index in [1.807, 2.05) is 37.2 Å². The van der Waals surface area contributed by atoms with Crippen LogP contribution in [0.15, 0.2) is 18.2 Å². The highest BCUT2D eigenvalue weighted by Gasteiger charge is 2.27. The summed E-state index contributed by atoms with van der Waals surface area (Å²) in [6, 6.07) is 5.95. The quantitative estimate of drug-likeness (QED) is 0.446. The molecule has 0 unspecified atom stereocenters. The van der Waals surface area contributed by atoms with Crippen molar-refractivity contribution in [1.82, 2.24) is 9.97 Å². The van der Waals surface area contributed by atoms with Gasteiger partial charge >= 0.3 is 5.69 Å². The molecule has 0 saturated heterocycles. The molecule has 1 aliphatic carbocycles. The van der Waals surface area contributed by atoms with Crippen molar-refractivity contribution in [1.29, 1.82) is 0 Å². The van der Waals surface area contributed by atoms with Gasteiger partial charge in [0.1, 0.15) is 5.69 Å². The van der Waals surface area contributed by atoms with Gasteiger partial charge in [0.15, 0.2) is 0 Å². The van der Waals surface area contributed by atoms with Gasteiger partial charge in [-0.25, -0.2) is 4.98 Å². The summed E-state index contributed by atoms with van der Waals surface area (Å²) in [5, 5.41) is 15.3. The third kappa shape index (κ3) is 5.28. The second-order valence-corrected chi connectivity index (χ2v) is 8.40. The van der Waals surface area contributed by atoms with E-state index in [0.29, 0.717) is 29.6 Å². The second-order valence-electron chi connectivity index (χ2n) is 7.99. The van der Waals surface area contributed by atoms with Crippen LogP contribution >= 0.6 is 11.6 Å². The molecule has 0 atom stereocenters. The molecule has 162 valence electrons. The number of halogens is 1. The van der Waals surface area contributed by atoms with Crippen LogP contribution in [-0.2, 0) is 13.0 Å². The van der Waals surface area contributed by atoms with Crippen LogP contribution in [0.25, 0.3) is 0 Å². The predicted octanol–water partition coefficient (Wildman–Crippen LogP) is 3.36. The standard InChI is InChI=1S/C20H28ClN7O2/c1-27(2)15-7-8-16(21)13(10-15)11-24-20-25-17(18(28(29)30)19(23)26-20)9-12-3-5-14(22)6-4-12/h7-8,10,12,14H,3-6,9,11,22H2,1-2H3,(H3,23,24,25,26). The Morgan fingerprint density at radius 2 is 1.97 bits per heavy atom. The smallest absolute Gasteiger partial charge is 0.332 e. The van der Waals surface area contributed by atoms with E-state index in [0.717, 1.165) is 36.9 Å². The second kappa shape index (κ2) is 9.44. The van der Waals surface area contributed by atoms with Gasteiger partial charge in [0.25, 0.3) is 0 Å². The van der Waals surface area contributed by atoms with Crippen molar-refractivity contribution < 1.29 is 4.92 Å². The lowest BCUT2D eigenvalue weighted by Crippen LogP contribution is -2.27. The SMILES string of the molecule is CN(C)c1ccc(Cl)c(CNc2nc(N)c([N+](=O)[O-])c(CC3CCC(N)CC3)n2)c1. The van der Waals surface area contributed by atoms with Gasteiger partial charge in [-0.2, -0.15) is 4.98 Å². The maximum absolute atomic E-state index is 11.6. The fourth-order valence-electron chi connectivity index (χ4n) is 3.76. The number of rotatable bonds is 7. The van der Waals surface area contributed by atoms with Gasteiger partial charge in [0.2, 0.25) is 11.8 Å². The van der Waals surface area contributed by atoms with Crippen molar-refractivity contribution in [3.8, 4) is 0 Å². The predicted molar refractivity (Wildman–Crippen MR) is 120 cm³/mol. The molecule has 10 heteroatoms. The number of nitrogens with two attached hydrogens (primary N) is 2. The average molecular weight is 434 g/mol. The van der Waals surface area contributed by atoms with Gasteiger partial charge in [0.05, 0.1) is 4.92 Å². The van der Waals surface area contributed by atoms with E-state index >= 15 is 0 Å². The molecule has 1 heterocycles. The molecular formula is C20H28ClN7O2. The summed E-state index contributed by atoms with van der Waals surface area (Å²) in [5.41, 5.74) is 13.9. The molecule has 9 nitrogen and oxygen atoms in total. The average Bonchev–Trinajstić information content (AvgIpc) is 2.68. The molecule has 30 heavy (non-hydrogen) atoms. The molecule has 5 N–H and O–H groups in total. The molecule has 0 radical (unpaired) electrons. The molecule has 0 aliphatic heterocycles. The fraction of sp³-hybridized carbons (Fsp3) is 0.500. The summed E-state index contributed by atoms with van der Waals surface area (Å²) in [7, 11) is 3.90. The minimum Gasteiger partial charge on any atom is -0.378 e. The van der Waals surface area contributed by atoms with Crippen LogP contribution < -0.4 is 21.7 Å². The molecule has 2 aromatic rings. The largest absolute Gasteiger partial charge is 0.378 e. The van der Waals surface area contributed by atoms with Crippen LogP contribution in [0.3, 0.4) is 0 Å². The van der Waals surface area contributed by atoms with Gasteiger partial charge in [0, 0.05) is 37.4 Å². The summed E-state index contributed by atoms with van der Waals surface area (Å²) in [6.45, 7) is 0.371. The molecule has 1 aliphatic rings. The van der Waals surface area contributed by atoms with Crippen molar-refractivity contribution in [2.75, 3.05) is 30.0 Å². The molecule has 1 aromatic heterocycles. The highest BCUT2D eigenvalue weighted by Crippen LogP contribution is 2.32. The number of aromatic nitrogens is 2. The Hall–Kier alpha value is -2.65. The van der Waals surface area contributed by atoms with Gasteiger partial charge in [-0.05, 0) is 61.8 Å². The first-order valence-corrected chi connectivity index (χ1v) is 10.4. The van der Waals surface area contributed by atoms with Crippen LogP contribution in [-0.4, -0.2) is 35.0 Å². The number of hydrogen-bond donors (Lipinski definition) is 3. The van der Waals surface area contributed by atoms with Crippen molar-refractivity contribution in [2.45, 2.75) is 44.7 Å². The molecular weight excluding hydrogens is 406 g/mol. The Kier molecular flexibility index (Phi) is 6.94. The van der Waals surface area contributed by atoms with E-state index in [-0.39, 0.29) is 23.5 Å². The Morgan fingerprint density at radius 3 is 2.60 bits per heavy atom. The van der Waals surface area contributed by atoms with Crippen LogP contribution in [0.5, 0.6) is 0 Å². The lowest BCUT2D eigenvalue weighted by atomic mass is 9.83. The number of nitrogens with zero attached hydrogens (tertiary/aromatic N) is 4. The van der Waals surface area contributed by atoms with E-state index in [1.54, 1.807) is 0 Å². The third-order valence-electron chi connectivity index (χ3n) is 5.52. The minimum atomic E-state index is -0.500. The van der Waals surface area contributed by atoms with Crippen molar-refractivity contribution >= 4 is 34.7 Å². The maximum atomic E-state index is 11.6. The number of nitrogens with one attached hydrogen (secondary N) is 1. The van der Waals surface area contributed by atoms with Crippen LogP contribution in [0.4, 0.5) is 23.1 Å². The van der Waals surface area contributed by atoms with Gasteiger partial charge in [-0.15, -0.1) is 0 Å². The molecule has 1 fully saturated rings. The highest BCUT2D eigenvalue weighted by molar-refractivity contribution is 6.31. The minimum absolute atomic E-state index is 0.131. The summed E-state index contributed by atoms with van der Waals surface area (Å²) in [6.07, 6.45) is 4.19. The zero-order valence-electron chi connectivity index (χ0n) is 17.3. The van der Waals surface area contributed by atoms with Crippen LogP contribution in [0.2, 0.25) is 5.02 Å². The number of anilines is 3. The zero-order valence-corrected chi connectivity index (χ0v) is 18.0. The third-order valence-corrected chi connectivity index (χ3v) is 5.89. The van der Waals surface area contributed by atoms with E-state index in [4.69, 9.17) is 23.1 Å². The van der Waals surface area contributed by atoms with E-state index in [9.17, 15) is 10.1 Å². The monoisotopic (exact) mass is 433 g/mol. The van der Waals surface area contributed by atoms with E-state index in [1.165, 1.54) is 0 Å². The molecule has 1 aromatic carbocycles. The lowest BCUT2D eigenvalue weighted by Gasteiger charge is -2.25. The molecule has 1 saturated carbocycles. The Morgan fingerprint density at radius 1 is 1.27 bits per heavy atom. The number of nitro groups is 1. The number of nitrogen functional groups attached to an aromatic ring is 1. The molecule has 0 bridgehead atoms. The summed E-state index contributed by atoms with van der Waals surface area (Å²) >= 11 is 6.31. The first-order valence-electron chi connectivity index (χ1n) is 10.0. The maximum Gasteiger partial charge on any atom is 0.332 e.